The molecule has 0 unspecified atom stereocenters. The quantitative estimate of drug-likeness (QED) is 0.404. The summed E-state index contributed by atoms with van der Waals surface area (Å²) in [6.45, 7) is 3.27. The fraction of sp³-hybridized carbons (Fsp3) is 0.536. The smallest absolute Gasteiger partial charge is 0.422 e. The average Bonchev–Trinajstić information content (AvgIpc) is 3.21. The van der Waals surface area contributed by atoms with E-state index in [1.54, 1.807) is 17.8 Å². The number of fused-ring (bicyclic) bond motifs is 1. The van der Waals surface area contributed by atoms with Gasteiger partial charge in [0.2, 0.25) is 0 Å². The molecular weight excluding hydrogens is 509 g/mol. The molecule has 0 bridgehead atoms. The minimum Gasteiger partial charge on any atom is -0.484 e. The Morgan fingerprint density at radius 3 is 2.49 bits per heavy atom. The average molecular weight is 547 g/mol. The molecule has 3 heterocycles. The number of hydrogen-bond donors (Lipinski definition) is 2. The lowest BCUT2D eigenvalue weighted by Gasteiger charge is -2.46. The highest BCUT2D eigenvalue weighted by Gasteiger charge is 2.34. The summed E-state index contributed by atoms with van der Waals surface area (Å²) in [6.07, 6.45) is 3.74. The second-order valence-electron chi connectivity index (χ2n) is 10.3. The van der Waals surface area contributed by atoms with Gasteiger partial charge in [-0.2, -0.15) is 18.3 Å². The van der Waals surface area contributed by atoms with Crippen LogP contribution in [0, 0.1) is 6.92 Å². The topological polar surface area (TPSA) is 84.3 Å². The normalized spacial score (nSPS) is 20.2. The van der Waals surface area contributed by atoms with Crippen LogP contribution in [0.4, 0.5) is 19.0 Å². The van der Waals surface area contributed by atoms with Gasteiger partial charge in [-0.25, -0.2) is 0 Å². The fourth-order valence-corrected chi connectivity index (χ4v) is 5.26. The van der Waals surface area contributed by atoms with Crippen molar-refractivity contribution in [2.45, 2.75) is 56.8 Å². The van der Waals surface area contributed by atoms with Crippen LogP contribution in [0.25, 0.3) is 10.9 Å². The van der Waals surface area contributed by atoms with Crippen LogP contribution in [0.3, 0.4) is 0 Å². The number of aldehydes is 1. The first-order chi connectivity index (χ1) is 18.7. The second kappa shape index (κ2) is 12.8. The minimum atomic E-state index is -4.39. The van der Waals surface area contributed by atoms with E-state index in [9.17, 15) is 18.0 Å². The van der Waals surface area contributed by atoms with Gasteiger partial charge in [0.1, 0.15) is 12.0 Å². The Morgan fingerprint density at radius 1 is 1.13 bits per heavy atom. The summed E-state index contributed by atoms with van der Waals surface area (Å²) in [7, 11) is 3.77. The molecule has 2 aromatic heterocycles. The first-order valence-electron chi connectivity index (χ1n) is 13.3. The molecule has 11 heteroatoms. The summed E-state index contributed by atoms with van der Waals surface area (Å²) in [4.78, 5) is 17.4. The van der Waals surface area contributed by atoms with Crippen molar-refractivity contribution in [2.24, 2.45) is 7.05 Å². The van der Waals surface area contributed by atoms with Gasteiger partial charge in [0, 0.05) is 49.5 Å². The standard InChI is InChI=1S/C16H25N3.C12H12F3N3O2/c1-12-3-4-14(9-18-12)13-5-7-16(8-6-13)19-10-15(11-19)17-2;1-18-10-3-2-8(20-7-12(13,14)15)6-9(10)11(17-18)16-4-5-19/h3-4,9,13,15-17H,5-8,10-11H2,1-2H3;2-3,5-6H,4,7H2,1H3,(H,16,17). The van der Waals surface area contributed by atoms with E-state index in [0.29, 0.717) is 17.5 Å². The van der Waals surface area contributed by atoms with E-state index in [1.165, 1.54) is 56.5 Å². The zero-order valence-corrected chi connectivity index (χ0v) is 22.7. The molecule has 0 radical (unpaired) electrons. The molecule has 2 N–H and O–H groups in total. The summed E-state index contributed by atoms with van der Waals surface area (Å²) >= 11 is 0. The van der Waals surface area contributed by atoms with Crippen LogP contribution in [0.2, 0.25) is 0 Å². The Hall–Kier alpha value is -3.18. The third-order valence-corrected chi connectivity index (χ3v) is 7.51. The number of ether oxygens (including phenoxy) is 1. The molecule has 1 aliphatic carbocycles. The number of pyridine rings is 1. The summed E-state index contributed by atoms with van der Waals surface area (Å²) < 4.78 is 42.6. The van der Waals surface area contributed by atoms with E-state index in [4.69, 9.17) is 0 Å². The van der Waals surface area contributed by atoms with Gasteiger partial charge in [-0.05, 0) is 75.4 Å². The molecule has 39 heavy (non-hydrogen) atoms. The van der Waals surface area contributed by atoms with Crippen molar-refractivity contribution in [3.05, 3.63) is 47.8 Å². The summed E-state index contributed by atoms with van der Waals surface area (Å²) in [5.74, 6) is 1.26. The third kappa shape index (κ3) is 7.69. The van der Waals surface area contributed by atoms with Crippen molar-refractivity contribution in [3.63, 3.8) is 0 Å². The molecule has 2 fully saturated rings. The van der Waals surface area contributed by atoms with Gasteiger partial charge in [0.05, 0.1) is 12.1 Å². The van der Waals surface area contributed by atoms with E-state index in [1.807, 2.05) is 0 Å². The summed E-state index contributed by atoms with van der Waals surface area (Å²) in [5, 5.41) is 10.9. The van der Waals surface area contributed by atoms with Crippen LogP contribution in [0.5, 0.6) is 5.75 Å². The largest absolute Gasteiger partial charge is 0.484 e. The maximum Gasteiger partial charge on any atom is 0.422 e. The highest BCUT2D eigenvalue weighted by Crippen LogP contribution is 2.35. The van der Waals surface area contributed by atoms with E-state index in [-0.39, 0.29) is 12.3 Å². The van der Waals surface area contributed by atoms with Crippen molar-refractivity contribution in [1.29, 1.82) is 0 Å². The first-order valence-corrected chi connectivity index (χ1v) is 13.3. The zero-order chi connectivity index (χ0) is 28.0. The molecule has 1 aliphatic heterocycles. The number of anilines is 1. The number of nitrogens with one attached hydrogen (secondary N) is 2. The SMILES string of the molecule is CNC1CN(C2CCC(c3ccc(C)nc3)CC2)C1.Cn1nc(NCC=O)c2cc(OCC(F)(F)F)ccc21. The Labute approximate surface area is 226 Å². The van der Waals surface area contributed by atoms with Gasteiger partial charge >= 0.3 is 6.18 Å². The van der Waals surface area contributed by atoms with E-state index in [0.717, 1.165) is 29.2 Å². The van der Waals surface area contributed by atoms with Gasteiger partial charge in [0.15, 0.2) is 12.4 Å². The molecule has 212 valence electrons. The molecular formula is C28H37F3N6O2. The molecule has 5 rings (SSSR count). The molecule has 0 amide bonds. The highest BCUT2D eigenvalue weighted by molar-refractivity contribution is 5.91. The van der Waals surface area contributed by atoms with Gasteiger partial charge < -0.3 is 20.2 Å². The monoisotopic (exact) mass is 546 g/mol. The lowest BCUT2D eigenvalue weighted by Crippen LogP contribution is -2.60. The molecule has 0 atom stereocenters. The molecule has 3 aromatic rings. The van der Waals surface area contributed by atoms with Gasteiger partial charge in [-0.3, -0.25) is 14.6 Å². The van der Waals surface area contributed by atoms with Crippen molar-refractivity contribution < 1.29 is 22.7 Å². The lowest BCUT2D eigenvalue weighted by atomic mass is 9.81. The van der Waals surface area contributed by atoms with E-state index >= 15 is 0 Å². The van der Waals surface area contributed by atoms with Crippen LogP contribution in [0.15, 0.2) is 36.5 Å². The number of benzene rings is 1. The Bertz CT molecular complexity index is 1220. The Balaban J connectivity index is 0.000000181. The maximum absolute atomic E-state index is 12.1. The number of rotatable bonds is 8. The van der Waals surface area contributed by atoms with Gasteiger partial charge in [-0.15, -0.1) is 0 Å². The van der Waals surface area contributed by atoms with Crippen LogP contribution in [-0.4, -0.2) is 77.5 Å². The Morgan fingerprint density at radius 2 is 1.87 bits per heavy atom. The third-order valence-electron chi connectivity index (χ3n) is 7.51. The highest BCUT2D eigenvalue weighted by atomic mass is 19.4. The lowest BCUT2D eigenvalue weighted by molar-refractivity contribution is -0.153. The number of alkyl halides is 3. The number of carbonyl (C=O) groups excluding carboxylic acids is 1. The number of aromatic nitrogens is 3. The number of likely N-dealkylation sites (tertiary alicyclic amines) is 1. The fourth-order valence-electron chi connectivity index (χ4n) is 5.26. The number of hydrogen-bond acceptors (Lipinski definition) is 7. The van der Waals surface area contributed by atoms with Crippen molar-refractivity contribution in [2.75, 3.05) is 38.6 Å². The Kier molecular flexibility index (Phi) is 9.45. The molecule has 0 spiro atoms. The van der Waals surface area contributed by atoms with Crippen LogP contribution < -0.4 is 15.4 Å². The number of aryl methyl sites for hydroxylation is 2. The number of carbonyl (C=O) groups is 1. The second-order valence-corrected chi connectivity index (χ2v) is 10.3. The molecule has 1 aromatic carbocycles. The molecule has 2 aliphatic rings. The van der Waals surface area contributed by atoms with E-state index in [2.05, 4.69) is 62.7 Å². The summed E-state index contributed by atoms with van der Waals surface area (Å²) in [5.41, 5.74) is 3.29. The van der Waals surface area contributed by atoms with E-state index < -0.39 is 12.8 Å². The maximum atomic E-state index is 12.1. The van der Waals surface area contributed by atoms with Gasteiger partial charge in [-0.1, -0.05) is 6.07 Å². The van der Waals surface area contributed by atoms with Crippen molar-refractivity contribution >= 4 is 23.0 Å². The van der Waals surface area contributed by atoms with Crippen molar-refractivity contribution in [1.82, 2.24) is 25.0 Å². The molecule has 1 saturated heterocycles. The van der Waals surface area contributed by atoms with Crippen molar-refractivity contribution in [3.8, 4) is 5.75 Å². The minimum absolute atomic E-state index is 0.0692. The number of likely N-dealkylation sites (N-methyl/N-ethyl adjacent to an activating group) is 1. The summed E-state index contributed by atoms with van der Waals surface area (Å²) in [6, 6.07) is 10.5. The number of nitrogens with zero attached hydrogens (tertiary/aromatic N) is 4. The molecule has 8 nitrogen and oxygen atoms in total. The first kappa shape index (κ1) is 28.8. The van der Waals surface area contributed by atoms with Crippen LogP contribution in [0.1, 0.15) is 42.9 Å². The zero-order valence-electron chi connectivity index (χ0n) is 22.7. The predicted molar refractivity (Wildman–Crippen MR) is 145 cm³/mol. The van der Waals surface area contributed by atoms with Gasteiger partial charge in [0.25, 0.3) is 0 Å². The predicted octanol–water partition coefficient (Wildman–Crippen LogP) is 4.45. The van der Waals surface area contributed by atoms with Crippen LogP contribution >= 0.6 is 0 Å². The number of halogens is 3. The van der Waals surface area contributed by atoms with Crippen LogP contribution in [-0.2, 0) is 11.8 Å². The molecule has 1 saturated carbocycles.